The Balaban J connectivity index is 1.43. The van der Waals surface area contributed by atoms with Crippen molar-refractivity contribution >= 4 is 28.2 Å². The van der Waals surface area contributed by atoms with Gasteiger partial charge in [-0.25, -0.2) is 0 Å². The lowest BCUT2D eigenvalue weighted by Gasteiger charge is -2.39. The van der Waals surface area contributed by atoms with Crippen LogP contribution in [-0.2, 0) is 6.54 Å². The van der Waals surface area contributed by atoms with Gasteiger partial charge in [-0.3, -0.25) is 5.32 Å². The minimum absolute atomic E-state index is 0.505. The zero-order valence-electron chi connectivity index (χ0n) is 16.6. The van der Waals surface area contributed by atoms with Crippen molar-refractivity contribution in [2.45, 2.75) is 25.1 Å². The highest BCUT2D eigenvalue weighted by molar-refractivity contribution is 6.32. The Bertz CT molecular complexity index is 1110. The molecule has 8 heteroatoms. The number of fused-ring (bicyclic) bond motifs is 1. The normalized spacial score (nSPS) is 15.7. The Morgan fingerprint density at radius 2 is 2.07 bits per heavy atom. The van der Waals surface area contributed by atoms with Crippen molar-refractivity contribution < 1.29 is 9.84 Å². The third-order valence-electron chi connectivity index (χ3n) is 5.50. The van der Waals surface area contributed by atoms with E-state index >= 15 is 0 Å². The number of nitrogens with one attached hydrogen (secondary N) is 1. The van der Waals surface area contributed by atoms with Gasteiger partial charge in [0.25, 0.3) is 0 Å². The maximum atomic E-state index is 11.0. The SMILES string of the molecule is COc1ccc(CNC2(O)CCN(c3nncc4cc(C#N)ccc34)CC2)cc1Cl. The van der Waals surface area contributed by atoms with E-state index in [4.69, 9.17) is 21.6 Å². The molecule has 1 fully saturated rings. The van der Waals surface area contributed by atoms with E-state index in [-0.39, 0.29) is 0 Å². The van der Waals surface area contributed by atoms with Crippen LogP contribution in [0.25, 0.3) is 10.8 Å². The van der Waals surface area contributed by atoms with E-state index in [1.54, 1.807) is 19.4 Å². The molecule has 1 aromatic heterocycles. The van der Waals surface area contributed by atoms with E-state index in [0.717, 1.165) is 22.2 Å². The maximum Gasteiger partial charge on any atom is 0.159 e. The third kappa shape index (κ3) is 4.17. The summed E-state index contributed by atoms with van der Waals surface area (Å²) in [5.74, 6) is 1.41. The first kappa shape index (κ1) is 20.4. The average Bonchev–Trinajstić information content (AvgIpc) is 2.77. The predicted octanol–water partition coefficient (Wildman–Crippen LogP) is 3.24. The summed E-state index contributed by atoms with van der Waals surface area (Å²) in [6, 6.07) is 13.2. The first-order valence-electron chi connectivity index (χ1n) is 9.72. The van der Waals surface area contributed by atoms with Gasteiger partial charge in [0.15, 0.2) is 5.82 Å². The largest absolute Gasteiger partial charge is 0.495 e. The van der Waals surface area contributed by atoms with Gasteiger partial charge >= 0.3 is 0 Å². The number of nitriles is 1. The second-order valence-corrected chi connectivity index (χ2v) is 7.83. The number of ether oxygens (including phenoxy) is 1. The van der Waals surface area contributed by atoms with E-state index in [0.29, 0.717) is 48.8 Å². The van der Waals surface area contributed by atoms with Crippen LogP contribution in [-0.4, -0.2) is 41.2 Å². The molecular weight excluding hydrogens is 402 g/mol. The summed E-state index contributed by atoms with van der Waals surface area (Å²) < 4.78 is 5.18. The number of hydrogen-bond donors (Lipinski definition) is 2. The fourth-order valence-electron chi connectivity index (χ4n) is 3.73. The van der Waals surface area contributed by atoms with Crippen LogP contribution < -0.4 is 15.0 Å². The fraction of sp³-hybridized carbons (Fsp3) is 0.318. The number of piperidine rings is 1. The van der Waals surface area contributed by atoms with Crippen molar-refractivity contribution in [2.75, 3.05) is 25.1 Å². The molecule has 30 heavy (non-hydrogen) atoms. The lowest BCUT2D eigenvalue weighted by atomic mass is 9.99. The number of rotatable bonds is 5. The smallest absolute Gasteiger partial charge is 0.159 e. The van der Waals surface area contributed by atoms with Gasteiger partial charge in [0.2, 0.25) is 0 Å². The highest BCUT2D eigenvalue weighted by Crippen LogP contribution is 2.30. The number of halogens is 1. The van der Waals surface area contributed by atoms with Crippen LogP contribution in [0.2, 0.25) is 5.02 Å². The van der Waals surface area contributed by atoms with Gasteiger partial charge in [0, 0.05) is 43.2 Å². The summed E-state index contributed by atoms with van der Waals surface area (Å²) in [4.78, 5) is 2.13. The summed E-state index contributed by atoms with van der Waals surface area (Å²) in [5, 5.41) is 34.1. The molecule has 2 N–H and O–H groups in total. The molecule has 0 spiro atoms. The van der Waals surface area contributed by atoms with Crippen molar-refractivity contribution in [1.29, 1.82) is 5.26 Å². The topological polar surface area (TPSA) is 94.3 Å². The molecule has 0 aliphatic carbocycles. The molecule has 154 valence electrons. The Morgan fingerprint density at radius 3 is 2.77 bits per heavy atom. The van der Waals surface area contributed by atoms with Crippen LogP contribution in [0.3, 0.4) is 0 Å². The van der Waals surface area contributed by atoms with Gasteiger partial charge in [-0.1, -0.05) is 17.7 Å². The Labute approximate surface area is 179 Å². The molecule has 0 saturated carbocycles. The molecule has 3 aromatic rings. The predicted molar refractivity (Wildman–Crippen MR) is 115 cm³/mol. The summed E-state index contributed by atoms with van der Waals surface area (Å²) in [7, 11) is 1.58. The van der Waals surface area contributed by atoms with E-state index < -0.39 is 5.72 Å². The van der Waals surface area contributed by atoms with Crippen LogP contribution >= 0.6 is 11.6 Å². The molecule has 1 aliphatic heterocycles. The molecule has 0 amide bonds. The van der Waals surface area contributed by atoms with Gasteiger partial charge in [-0.2, -0.15) is 10.4 Å². The molecule has 4 rings (SSSR count). The summed E-state index contributed by atoms with van der Waals surface area (Å²) in [6.45, 7) is 1.78. The lowest BCUT2D eigenvalue weighted by molar-refractivity contribution is -0.0187. The Morgan fingerprint density at radius 1 is 1.27 bits per heavy atom. The van der Waals surface area contributed by atoms with Crippen molar-refractivity contribution in [3.8, 4) is 11.8 Å². The molecule has 0 radical (unpaired) electrons. The quantitative estimate of drug-likeness (QED) is 0.608. The lowest BCUT2D eigenvalue weighted by Crippen LogP contribution is -2.53. The van der Waals surface area contributed by atoms with Crippen LogP contribution in [0, 0.1) is 11.3 Å². The summed E-state index contributed by atoms with van der Waals surface area (Å²) in [6.07, 6.45) is 2.76. The van der Waals surface area contributed by atoms with E-state index in [1.807, 2.05) is 30.3 Å². The second kappa shape index (κ2) is 8.44. The Hall–Kier alpha value is -2.92. The summed E-state index contributed by atoms with van der Waals surface area (Å²) >= 11 is 6.19. The molecule has 0 unspecified atom stereocenters. The number of methoxy groups -OCH3 is 1. The van der Waals surface area contributed by atoms with Gasteiger partial charge in [-0.05, 0) is 35.9 Å². The van der Waals surface area contributed by atoms with Crippen molar-refractivity contribution in [2.24, 2.45) is 0 Å². The van der Waals surface area contributed by atoms with Gasteiger partial charge in [0.1, 0.15) is 11.5 Å². The highest BCUT2D eigenvalue weighted by Gasteiger charge is 2.32. The zero-order chi connectivity index (χ0) is 21.1. The van der Waals surface area contributed by atoms with Crippen LogP contribution in [0.4, 0.5) is 5.82 Å². The Kier molecular flexibility index (Phi) is 5.73. The first-order valence-corrected chi connectivity index (χ1v) is 10.1. The van der Waals surface area contributed by atoms with Gasteiger partial charge in [0.05, 0.1) is 30.0 Å². The molecular formula is C22H22ClN5O2. The van der Waals surface area contributed by atoms with E-state index in [2.05, 4.69) is 26.5 Å². The second-order valence-electron chi connectivity index (χ2n) is 7.42. The number of nitrogens with zero attached hydrogens (tertiary/aromatic N) is 4. The molecule has 2 heterocycles. The minimum atomic E-state index is -0.963. The average molecular weight is 424 g/mol. The molecule has 1 saturated heterocycles. The molecule has 2 aromatic carbocycles. The molecule has 0 atom stereocenters. The highest BCUT2D eigenvalue weighted by atomic mass is 35.5. The fourth-order valence-corrected chi connectivity index (χ4v) is 4.01. The van der Waals surface area contributed by atoms with Crippen LogP contribution in [0.5, 0.6) is 5.75 Å². The van der Waals surface area contributed by atoms with Gasteiger partial charge < -0.3 is 14.7 Å². The maximum absolute atomic E-state index is 11.0. The number of benzene rings is 2. The first-order chi connectivity index (χ1) is 14.5. The van der Waals surface area contributed by atoms with Crippen molar-refractivity contribution in [3.63, 3.8) is 0 Å². The zero-order valence-corrected chi connectivity index (χ0v) is 17.4. The number of aromatic nitrogens is 2. The third-order valence-corrected chi connectivity index (χ3v) is 5.79. The van der Waals surface area contributed by atoms with Gasteiger partial charge in [-0.15, -0.1) is 5.10 Å². The van der Waals surface area contributed by atoms with Crippen LogP contribution in [0.15, 0.2) is 42.6 Å². The van der Waals surface area contributed by atoms with E-state index in [9.17, 15) is 5.11 Å². The van der Waals surface area contributed by atoms with E-state index in [1.165, 1.54) is 0 Å². The summed E-state index contributed by atoms with van der Waals surface area (Å²) in [5.41, 5.74) is 0.608. The molecule has 1 aliphatic rings. The van der Waals surface area contributed by atoms with Crippen molar-refractivity contribution in [1.82, 2.24) is 15.5 Å². The van der Waals surface area contributed by atoms with Crippen LogP contribution in [0.1, 0.15) is 24.0 Å². The number of aliphatic hydroxyl groups is 1. The molecule has 0 bridgehead atoms. The minimum Gasteiger partial charge on any atom is -0.495 e. The van der Waals surface area contributed by atoms with Crippen molar-refractivity contribution in [3.05, 3.63) is 58.7 Å². The number of hydrogen-bond acceptors (Lipinski definition) is 7. The monoisotopic (exact) mass is 423 g/mol. The standard InChI is InChI=1S/C22H22ClN5O2/c1-30-20-5-3-16(11-19(20)23)13-25-22(29)6-8-28(9-7-22)21-18-4-2-15(12-24)10-17(18)14-26-27-21/h2-5,10-11,14,25,29H,6-9,13H2,1H3. The molecule has 7 nitrogen and oxygen atoms in total. The number of anilines is 1.